The van der Waals surface area contributed by atoms with Crippen molar-refractivity contribution in [2.75, 3.05) is 31.2 Å². The summed E-state index contributed by atoms with van der Waals surface area (Å²) in [5.74, 6) is 1.15. The van der Waals surface area contributed by atoms with E-state index in [1.54, 1.807) is 25.2 Å². The molecule has 0 aliphatic carbocycles. The fourth-order valence-electron chi connectivity index (χ4n) is 2.63. The van der Waals surface area contributed by atoms with Gasteiger partial charge in [-0.3, -0.25) is 0 Å². The van der Waals surface area contributed by atoms with E-state index in [-0.39, 0.29) is 18.8 Å². The van der Waals surface area contributed by atoms with Crippen LogP contribution in [0.2, 0.25) is 0 Å². The Labute approximate surface area is 158 Å². The van der Waals surface area contributed by atoms with Gasteiger partial charge in [0.1, 0.15) is 29.2 Å². The zero-order chi connectivity index (χ0) is 19.6. The summed E-state index contributed by atoms with van der Waals surface area (Å²) in [6.07, 6.45) is 6.96. The number of ether oxygens (including phenoxy) is 1. The van der Waals surface area contributed by atoms with Gasteiger partial charge in [-0.1, -0.05) is 18.2 Å². The van der Waals surface area contributed by atoms with E-state index in [2.05, 4.69) is 0 Å². The molecule has 1 heterocycles. The highest BCUT2D eigenvalue weighted by Gasteiger charge is 2.10. The maximum Gasteiger partial charge on any atom is 0.137 e. The third-order valence-corrected chi connectivity index (χ3v) is 3.89. The van der Waals surface area contributed by atoms with Crippen LogP contribution in [0.4, 0.5) is 5.69 Å². The van der Waals surface area contributed by atoms with Gasteiger partial charge < -0.3 is 19.8 Å². The Hall–Kier alpha value is -3.32. The normalized spacial score (nSPS) is 13.3. The fourth-order valence-corrected chi connectivity index (χ4v) is 2.63. The van der Waals surface area contributed by atoms with Gasteiger partial charge in [0.25, 0.3) is 0 Å². The minimum absolute atomic E-state index is 0.0171. The molecule has 0 aromatic heterocycles. The molecule has 6 heteroatoms. The van der Waals surface area contributed by atoms with Crippen LogP contribution in [0.1, 0.15) is 12.5 Å². The van der Waals surface area contributed by atoms with Gasteiger partial charge in [0.05, 0.1) is 13.2 Å². The van der Waals surface area contributed by atoms with Crippen LogP contribution >= 0.6 is 0 Å². The van der Waals surface area contributed by atoms with Gasteiger partial charge in [0.15, 0.2) is 0 Å². The number of nitrogens with zero attached hydrogens (tertiary/aromatic N) is 3. The molecule has 1 aromatic carbocycles. The third kappa shape index (κ3) is 5.58. The fraction of sp³-hybridized carbons (Fsp3) is 0.238. The smallest absolute Gasteiger partial charge is 0.137 e. The Morgan fingerprint density at radius 1 is 1.04 bits per heavy atom. The first-order chi connectivity index (χ1) is 13.1. The number of allylic oxidation sites excluding steroid dienone is 6. The van der Waals surface area contributed by atoms with Crippen LogP contribution in [0.3, 0.4) is 0 Å². The molecule has 2 N–H and O–H groups in total. The monoisotopic (exact) mass is 363 g/mol. The van der Waals surface area contributed by atoms with Crippen molar-refractivity contribution >= 4 is 11.8 Å². The molecule has 0 fully saturated rings. The van der Waals surface area contributed by atoms with Gasteiger partial charge in [-0.05, 0) is 42.8 Å². The lowest BCUT2D eigenvalue weighted by molar-refractivity contribution is 0.281. The number of anilines is 1. The molecule has 6 nitrogen and oxygen atoms in total. The molecule has 0 saturated heterocycles. The van der Waals surface area contributed by atoms with Gasteiger partial charge in [0, 0.05) is 24.4 Å². The van der Waals surface area contributed by atoms with Gasteiger partial charge in [-0.2, -0.15) is 10.5 Å². The van der Waals surface area contributed by atoms with Crippen LogP contribution in [0.25, 0.3) is 6.08 Å². The summed E-state index contributed by atoms with van der Waals surface area (Å²) in [5.41, 5.74) is 2.43. The Morgan fingerprint density at radius 2 is 1.67 bits per heavy atom. The lowest BCUT2D eigenvalue weighted by Crippen LogP contribution is -2.29. The summed E-state index contributed by atoms with van der Waals surface area (Å²) in [6.45, 7) is 2.71. The highest BCUT2D eigenvalue weighted by molar-refractivity contribution is 5.59. The first-order valence-corrected chi connectivity index (χ1v) is 8.48. The Kier molecular flexibility index (Phi) is 7.39. The van der Waals surface area contributed by atoms with Gasteiger partial charge >= 0.3 is 0 Å². The summed E-state index contributed by atoms with van der Waals surface area (Å²) < 4.78 is 5.62. The summed E-state index contributed by atoms with van der Waals surface area (Å²) in [6, 6.07) is 11.4. The van der Waals surface area contributed by atoms with Crippen molar-refractivity contribution in [1.29, 1.82) is 10.5 Å². The summed E-state index contributed by atoms with van der Waals surface area (Å²) >= 11 is 0. The highest BCUT2D eigenvalue weighted by Crippen LogP contribution is 2.23. The topological polar surface area (TPSA) is 101 Å². The Balaban J connectivity index is 2.17. The van der Waals surface area contributed by atoms with E-state index in [1.165, 1.54) is 0 Å². The first kappa shape index (κ1) is 20.0. The average Bonchev–Trinajstić information content (AvgIpc) is 2.67. The number of aliphatic hydroxyl groups is 2. The summed E-state index contributed by atoms with van der Waals surface area (Å²) in [4.78, 5) is 1.90. The molecular formula is C21H21N3O3. The zero-order valence-electron chi connectivity index (χ0n) is 15.1. The molecule has 0 radical (unpaired) electrons. The van der Waals surface area contributed by atoms with E-state index in [4.69, 9.17) is 25.5 Å². The minimum atomic E-state index is 0.0171. The second-order valence-electron chi connectivity index (χ2n) is 5.82. The molecule has 0 atom stereocenters. The molecule has 0 unspecified atom stereocenters. The second-order valence-corrected chi connectivity index (χ2v) is 5.82. The summed E-state index contributed by atoms with van der Waals surface area (Å²) in [5, 5.41) is 36.3. The molecule has 1 aliphatic heterocycles. The second kappa shape index (κ2) is 9.98. The van der Waals surface area contributed by atoms with Crippen molar-refractivity contribution in [2.24, 2.45) is 0 Å². The van der Waals surface area contributed by atoms with Crippen molar-refractivity contribution in [3.05, 3.63) is 70.7 Å². The van der Waals surface area contributed by atoms with E-state index in [0.717, 1.165) is 11.3 Å². The van der Waals surface area contributed by atoms with Crippen molar-refractivity contribution in [1.82, 2.24) is 0 Å². The van der Waals surface area contributed by atoms with Crippen molar-refractivity contribution in [3.8, 4) is 12.1 Å². The first-order valence-electron chi connectivity index (χ1n) is 8.48. The minimum Gasteiger partial charge on any atom is -0.462 e. The largest absolute Gasteiger partial charge is 0.462 e. The number of benzene rings is 1. The molecule has 27 heavy (non-hydrogen) atoms. The molecular weight excluding hydrogens is 342 g/mol. The third-order valence-electron chi connectivity index (χ3n) is 3.89. The van der Waals surface area contributed by atoms with Crippen LogP contribution < -0.4 is 4.90 Å². The number of nitriles is 2. The van der Waals surface area contributed by atoms with Gasteiger partial charge in [-0.25, -0.2) is 0 Å². The van der Waals surface area contributed by atoms with Crippen LogP contribution in [0, 0.1) is 22.7 Å². The average molecular weight is 363 g/mol. The molecule has 0 bridgehead atoms. The quantitative estimate of drug-likeness (QED) is 0.722. The predicted octanol–water partition coefficient (Wildman–Crippen LogP) is 2.65. The SMILES string of the molecule is CC1=CC(=C(C#N)C#N)C=C(/C=C/c2ccc(N(CCO)CCO)cc2)O1. The summed E-state index contributed by atoms with van der Waals surface area (Å²) in [7, 11) is 0. The molecule has 2 rings (SSSR count). The van der Waals surface area contributed by atoms with Crippen LogP contribution in [0.5, 0.6) is 0 Å². The van der Waals surface area contributed by atoms with Crippen LogP contribution in [0.15, 0.2) is 65.2 Å². The van der Waals surface area contributed by atoms with E-state index in [9.17, 15) is 0 Å². The molecule has 0 saturated carbocycles. The van der Waals surface area contributed by atoms with E-state index in [0.29, 0.717) is 30.2 Å². The van der Waals surface area contributed by atoms with Gasteiger partial charge in [0.2, 0.25) is 0 Å². The molecule has 1 aromatic rings. The lowest BCUT2D eigenvalue weighted by Gasteiger charge is -2.22. The Morgan fingerprint density at radius 3 is 2.22 bits per heavy atom. The molecule has 0 spiro atoms. The molecule has 0 amide bonds. The number of hydrogen-bond acceptors (Lipinski definition) is 6. The number of hydrogen-bond donors (Lipinski definition) is 2. The van der Waals surface area contributed by atoms with Crippen LogP contribution in [-0.2, 0) is 4.74 Å². The standard InChI is InChI=1S/C21H21N3O3/c1-16-12-18(19(14-22)15-23)13-21(27-16)7-4-17-2-5-20(6-3-17)24(8-10-25)9-11-26/h2-7,12-13,25-26H,8-11H2,1H3/b7-4+. The lowest BCUT2D eigenvalue weighted by atomic mass is 10.1. The highest BCUT2D eigenvalue weighted by atomic mass is 16.5. The van der Waals surface area contributed by atoms with Crippen molar-refractivity contribution in [3.63, 3.8) is 0 Å². The van der Waals surface area contributed by atoms with E-state index < -0.39 is 0 Å². The molecule has 1 aliphatic rings. The van der Waals surface area contributed by atoms with Gasteiger partial charge in [-0.15, -0.1) is 0 Å². The number of aliphatic hydroxyl groups excluding tert-OH is 2. The van der Waals surface area contributed by atoms with E-state index >= 15 is 0 Å². The van der Waals surface area contributed by atoms with Crippen molar-refractivity contribution in [2.45, 2.75) is 6.92 Å². The zero-order valence-corrected chi connectivity index (χ0v) is 15.1. The Bertz CT molecular complexity index is 843. The predicted molar refractivity (Wildman–Crippen MR) is 103 cm³/mol. The molecule has 138 valence electrons. The maximum absolute atomic E-state index is 9.12. The number of rotatable bonds is 7. The van der Waals surface area contributed by atoms with Crippen LogP contribution in [-0.4, -0.2) is 36.5 Å². The maximum atomic E-state index is 9.12. The van der Waals surface area contributed by atoms with E-state index in [1.807, 2.05) is 47.4 Å². The van der Waals surface area contributed by atoms with Crippen molar-refractivity contribution < 1.29 is 14.9 Å².